The van der Waals surface area contributed by atoms with Gasteiger partial charge in [-0.1, -0.05) is 19.8 Å². The molecule has 0 spiro atoms. The van der Waals surface area contributed by atoms with E-state index in [1.807, 2.05) is 0 Å². The number of hydrogen-bond donors (Lipinski definition) is 1. The lowest BCUT2D eigenvalue weighted by Crippen LogP contribution is -2.39. The van der Waals surface area contributed by atoms with Crippen molar-refractivity contribution in [2.75, 3.05) is 24.6 Å². The first kappa shape index (κ1) is 12.4. The van der Waals surface area contributed by atoms with Crippen LogP contribution in [0.1, 0.15) is 39.0 Å². The highest BCUT2D eigenvalue weighted by atomic mass is 32.2. The van der Waals surface area contributed by atoms with Gasteiger partial charge in [-0.25, -0.2) is 8.42 Å². The molecule has 0 aromatic heterocycles. The topological polar surface area (TPSA) is 46.2 Å². The maximum absolute atomic E-state index is 11.6. The lowest BCUT2D eigenvalue weighted by molar-refractivity contribution is 0.180. The Morgan fingerprint density at radius 1 is 1.31 bits per heavy atom. The van der Waals surface area contributed by atoms with Crippen LogP contribution >= 0.6 is 0 Å². The molecule has 2 rings (SSSR count). The molecule has 1 atom stereocenters. The molecule has 4 heteroatoms. The zero-order valence-electron chi connectivity index (χ0n) is 10.2. The molecule has 1 saturated heterocycles. The van der Waals surface area contributed by atoms with E-state index < -0.39 is 9.84 Å². The van der Waals surface area contributed by atoms with E-state index >= 15 is 0 Å². The molecule has 0 aromatic carbocycles. The molecule has 1 heterocycles. The Kier molecular flexibility index (Phi) is 3.59. The largest absolute Gasteiger partial charge is 0.316 e. The molecule has 16 heavy (non-hydrogen) atoms. The summed E-state index contributed by atoms with van der Waals surface area (Å²) in [5.41, 5.74) is 0.291. The highest BCUT2D eigenvalue weighted by molar-refractivity contribution is 7.91. The van der Waals surface area contributed by atoms with Crippen LogP contribution in [-0.4, -0.2) is 33.0 Å². The predicted molar refractivity (Wildman–Crippen MR) is 66.2 cm³/mol. The van der Waals surface area contributed by atoms with Crippen LogP contribution in [0.25, 0.3) is 0 Å². The zero-order chi connectivity index (χ0) is 11.6. The molecule has 1 aliphatic heterocycles. The summed E-state index contributed by atoms with van der Waals surface area (Å²) in [6.07, 6.45) is 5.90. The second kappa shape index (κ2) is 4.65. The van der Waals surface area contributed by atoms with Crippen molar-refractivity contribution in [2.24, 2.45) is 11.3 Å². The molecule has 1 saturated carbocycles. The number of sulfone groups is 1. The molecule has 0 amide bonds. The lowest BCUT2D eigenvalue weighted by Gasteiger charge is -2.35. The van der Waals surface area contributed by atoms with E-state index in [-0.39, 0.29) is 0 Å². The molecule has 0 aromatic rings. The van der Waals surface area contributed by atoms with Gasteiger partial charge >= 0.3 is 0 Å². The summed E-state index contributed by atoms with van der Waals surface area (Å²) >= 11 is 0. The minimum atomic E-state index is -2.72. The minimum absolute atomic E-state index is 0.291. The minimum Gasteiger partial charge on any atom is -0.316 e. The highest BCUT2D eigenvalue weighted by Gasteiger charge is 2.45. The first-order valence-corrected chi connectivity index (χ1v) is 8.31. The van der Waals surface area contributed by atoms with Crippen LogP contribution in [0.5, 0.6) is 0 Å². The summed E-state index contributed by atoms with van der Waals surface area (Å²) in [4.78, 5) is 0. The molecule has 2 fully saturated rings. The van der Waals surface area contributed by atoms with E-state index in [2.05, 4.69) is 12.2 Å². The summed E-state index contributed by atoms with van der Waals surface area (Å²) in [6, 6.07) is 0. The van der Waals surface area contributed by atoms with Crippen LogP contribution in [0.3, 0.4) is 0 Å². The summed E-state index contributed by atoms with van der Waals surface area (Å²) in [5.74, 6) is 1.28. The van der Waals surface area contributed by atoms with Gasteiger partial charge in [0.05, 0.1) is 11.5 Å². The molecule has 0 bridgehead atoms. The third-order valence-corrected chi connectivity index (χ3v) is 6.19. The van der Waals surface area contributed by atoms with Gasteiger partial charge in [-0.15, -0.1) is 0 Å². The van der Waals surface area contributed by atoms with Crippen molar-refractivity contribution in [1.29, 1.82) is 0 Å². The van der Waals surface area contributed by atoms with Crippen molar-refractivity contribution in [3.8, 4) is 0 Å². The Balaban J connectivity index is 2.08. The molecular weight excluding hydrogens is 222 g/mol. The van der Waals surface area contributed by atoms with Gasteiger partial charge in [-0.05, 0) is 37.1 Å². The third-order valence-electron chi connectivity index (χ3n) is 4.42. The Morgan fingerprint density at radius 3 is 2.50 bits per heavy atom. The average molecular weight is 245 g/mol. The smallest absolute Gasteiger partial charge is 0.150 e. The number of rotatable bonds is 4. The van der Waals surface area contributed by atoms with E-state index in [0.717, 1.165) is 19.5 Å². The average Bonchev–Trinajstić information content (AvgIpc) is 2.82. The van der Waals surface area contributed by atoms with Gasteiger partial charge in [0.2, 0.25) is 0 Å². The van der Waals surface area contributed by atoms with Crippen LogP contribution in [0.4, 0.5) is 0 Å². The molecule has 1 aliphatic carbocycles. The van der Waals surface area contributed by atoms with Gasteiger partial charge < -0.3 is 5.32 Å². The monoisotopic (exact) mass is 245 g/mol. The van der Waals surface area contributed by atoms with Gasteiger partial charge in [-0.2, -0.15) is 0 Å². The van der Waals surface area contributed by atoms with Crippen LogP contribution in [0.2, 0.25) is 0 Å². The molecule has 1 N–H and O–H groups in total. The summed E-state index contributed by atoms with van der Waals surface area (Å²) < 4.78 is 23.2. The van der Waals surface area contributed by atoms with E-state index in [4.69, 9.17) is 0 Å². The van der Waals surface area contributed by atoms with Crippen molar-refractivity contribution in [1.82, 2.24) is 5.32 Å². The van der Waals surface area contributed by atoms with E-state index in [0.29, 0.717) is 22.8 Å². The van der Waals surface area contributed by atoms with Crippen molar-refractivity contribution in [3.05, 3.63) is 0 Å². The maximum atomic E-state index is 11.6. The molecule has 0 radical (unpaired) electrons. The van der Waals surface area contributed by atoms with E-state index in [1.54, 1.807) is 0 Å². The SMILES string of the molecule is CCNCC1(C2CCS(=O)(=O)C2)CCCC1. The Morgan fingerprint density at radius 2 is 2.00 bits per heavy atom. The maximum Gasteiger partial charge on any atom is 0.150 e. The zero-order valence-corrected chi connectivity index (χ0v) is 11.0. The van der Waals surface area contributed by atoms with Crippen molar-refractivity contribution < 1.29 is 8.42 Å². The lowest BCUT2D eigenvalue weighted by atomic mass is 9.73. The van der Waals surface area contributed by atoms with Crippen LogP contribution in [0.15, 0.2) is 0 Å². The summed E-state index contributed by atoms with van der Waals surface area (Å²) in [7, 11) is -2.72. The fourth-order valence-electron chi connectivity index (χ4n) is 3.46. The Bertz CT molecular complexity index is 331. The van der Waals surface area contributed by atoms with Gasteiger partial charge in [0.1, 0.15) is 0 Å². The molecule has 94 valence electrons. The summed E-state index contributed by atoms with van der Waals surface area (Å²) in [6.45, 7) is 4.12. The van der Waals surface area contributed by atoms with E-state index in [9.17, 15) is 8.42 Å². The Hall–Kier alpha value is -0.0900. The fourth-order valence-corrected chi connectivity index (χ4v) is 5.40. The van der Waals surface area contributed by atoms with Gasteiger partial charge in [-0.3, -0.25) is 0 Å². The van der Waals surface area contributed by atoms with Crippen molar-refractivity contribution in [3.63, 3.8) is 0 Å². The first-order valence-electron chi connectivity index (χ1n) is 6.49. The number of hydrogen-bond acceptors (Lipinski definition) is 3. The quantitative estimate of drug-likeness (QED) is 0.818. The van der Waals surface area contributed by atoms with E-state index in [1.165, 1.54) is 25.7 Å². The van der Waals surface area contributed by atoms with Gasteiger partial charge in [0.25, 0.3) is 0 Å². The standard InChI is InChI=1S/C12H23NO2S/c1-2-13-10-12(6-3-4-7-12)11-5-8-16(14,15)9-11/h11,13H,2-10H2,1H3. The molecule has 1 unspecified atom stereocenters. The summed E-state index contributed by atoms with van der Waals surface area (Å²) in [5, 5.41) is 3.44. The van der Waals surface area contributed by atoms with Crippen LogP contribution in [-0.2, 0) is 9.84 Å². The second-order valence-corrected chi connectivity index (χ2v) is 7.68. The second-order valence-electron chi connectivity index (χ2n) is 5.45. The molecule has 2 aliphatic rings. The Labute approximate surface area is 98.9 Å². The highest BCUT2D eigenvalue weighted by Crippen LogP contribution is 2.47. The molecule has 3 nitrogen and oxygen atoms in total. The number of nitrogens with one attached hydrogen (secondary N) is 1. The third kappa shape index (κ3) is 2.43. The fraction of sp³-hybridized carbons (Fsp3) is 1.00. The van der Waals surface area contributed by atoms with Crippen molar-refractivity contribution >= 4 is 9.84 Å². The predicted octanol–water partition coefficient (Wildman–Crippen LogP) is 1.59. The van der Waals surface area contributed by atoms with Gasteiger partial charge in [0.15, 0.2) is 9.84 Å². The van der Waals surface area contributed by atoms with Gasteiger partial charge in [0, 0.05) is 6.54 Å². The first-order chi connectivity index (χ1) is 7.58. The van der Waals surface area contributed by atoms with Crippen molar-refractivity contribution in [2.45, 2.75) is 39.0 Å². The van der Waals surface area contributed by atoms with Crippen LogP contribution < -0.4 is 5.32 Å². The normalized spacial score (nSPS) is 31.9. The van der Waals surface area contributed by atoms with Crippen LogP contribution in [0, 0.1) is 11.3 Å². The molecular formula is C12H23NO2S.